The van der Waals surface area contributed by atoms with E-state index in [-0.39, 0.29) is 0 Å². The standard InChI is InChI=1S/C56H38N2O/c1-4-14-39(15-5-1)40-26-30-45(31-27-40)58(46-32-28-42(29-33-46)49-23-12-17-41-16-10-11-22-48(41)49)53-35-37-55-56-50(24-13-25-51(53)56)52-38-47(34-36-54(52)59-55)57(43-18-6-2-7-19-43)44-20-8-3-9-21-44/h1-38H. The Morgan fingerprint density at radius 2 is 0.797 bits per heavy atom. The second-order valence-electron chi connectivity index (χ2n) is 14.9. The van der Waals surface area contributed by atoms with Gasteiger partial charge in [0.25, 0.3) is 0 Å². The molecule has 1 aliphatic heterocycles. The summed E-state index contributed by atoms with van der Waals surface area (Å²) >= 11 is 0. The van der Waals surface area contributed by atoms with Crippen molar-refractivity contribution in [3.8, 4) is 44.9 Å². The van der Waals surface area contributed by atoms with E-state index in [2.05, 4.69) is 240 Å². The number of rotatable bonds is 8. The van der Waals surface area contributed by atoms with E-state index in [0.29, 0.717) is 0 Å². The molecule has 0 unspecified atom stereocenters. The molecule has 11 rings (SSSR count). The van der Waals surface area contributed by atoms with Gasteiger partial charge in [0.05, 0.1) is 5.69 Å². The quantitative estimate of drug-likeness (QED) is 0.154. The molecule has 10 aromatic carbocycles. The number of para-hydroxylation sites is 2. The van der Waals surface area contributed by atoms with E-state index in [1.165, 1.54) is 33.0 Å². The lowest BCUT2D eigenvalue weighted by Gasteiger charge is -2.30. The summed E-state index contributed by atoms with van der Waals surface area (Å²) in [6.45, 7) is 0. The highest BCUT2D eigenvalue weighted by Crippen LogP contribution is 2.52. The van der Waals surface area contributed by atoms with Crippen LogP contribution in [-0.4, -0.2) is 0 Å². The molecule has 0 saturated heterocycles. The zero-order valence-corrected chi connectivity index (χ0v) is 32.2. The van der Waals surface area contributed by atoms with Crippen LogP contribution in [-0.2, 0) is 0 Å². The topological polar surface area (TPSA) is 15.7 Å². The first kappa shape index (κ1) is 34.4. The molecule has 10 aromatic rings. The van der Waals surface area contributed by atoms with Gasteiger partial charge < -0.3 is 14.5 Å². The van der Waals surface area contributed by atoms with Gasteiger partial charge in [-0.05, 0) is 117 Å². The molecule has 0 aromatic heterocycles. The first-order valence-corrected chi connectivity index (χ1v) is 20.1. The molecule has 3 heteroatoms. The summed E-state index contributed by atoms with van der Waals surface area (Å²) in [7, 11) is 0. The van der Waals surface area contributed by atoms with Crippen LogP contribution in [0.5, 0.6) is 11.5 Å². The molecule has 0 amide bonds. The summed E-state index contributed by atoms with van der Waals surface area (Å²) in [4.78, 5) is 4.68. The van der Waals surface area contributed by atoms with Gasteiger partial charge in [0.1, 0.15) is 11.5 Å². The van der Waals surface area contributed by atoms with Gasteiger partial charge in [0.2, 0.25) is 0 Å². The molecule has 0 spiro atoms. The highest BCUT2D eigenvalue weighted by molar-refractivity contribution is 6.11. The van der Waals surface area contributed by atoms with Gasteiger partial charge >= 0.3 is 0 Å². The summed E-state index contributed by atoms with van der Waals surface area (Å²) in [6.07, 6.45) is 0. The van der Waals surface area contributed by atoms with Gasteiger partial charge in [0, 0.05) is 44.8 Å². The second kappa shape index (κ2) is 14.6. The Morgan fingerprint density at radius 3 is 1.51 bits per heavy atom. The summed E-state index contributed by atoms with van der Waals surface area (Å²) in [6, 6.07) is 82.2. The smallest absolute Gasteiger partial charge is 0.136 e. The van der Waals surface area contributed by atoms with Gasteiger partial charge in [-0.3, -0.25) is 0 Å². The van der Waals surface area contributed by atoms with Crippen molar-refractivity contribution in [2.75, 3.05) is 9.80 Å². The van der Waals surface area contributed by atoms with Crippen LogP contribution in [0.4, 0.5) is 34.1 Å². The van der Waals surface area contributed by atoms with Crippen LogP contribution in [0, 0.1) is 0 Å². The number of fused-ring (bicyclic) bond motifs is 3. The molecule has 3 nitrogen and oxygen atoms in total. The number of nitrogens with zero attached hydrogens (tertiary/aromatic N) is 2. The first-order chi connectivity index (χ1) is 29.3. The molecule has 0 bridgehead atoms. The Balaban J connectivity index is 1.06. The lowest BCUT2D eigenvalue weighted by Crippen LogP contribution is -2.12. The first-order valence-electron chi connectivity index (χ1n) is 20.1. The van der Waals surface area contributed by atoms with E-state index in [9.17, 15) is 0 Å². The molecule has 1 aliphatic rings. The molecule has 0 atom stereocenters. The normalized spacial score (nSPS) is 11.5. The Kier molecular flexibility index (Phi) is 8.49. The van der Waals surface area contributed by atoms with Gasteiger partial charge in [-0.25, -0.2) is 0 Å². The van der Waals surface area contributed by atoms with Crippen LogP contribution in [0.25, 0.3) is 54.9 Å². The summed E-state index contributed by atoms with van der Waals surface area (Å²) < 4.78 is 6.77. The Morgan fingerprint density at radius 1 is 0.288 bits per heavy atom. The third kappa shape index (κ3) is 6.17. The van der Waals surface area contributed by atoms with Crippen molar-refractivity contribution in [2.24, 2.45) is 0 Å². The zero-order chi connectivity index (χ0) is 39.1. The van der Waals surface area contributed by atoms with Crippen LogP contribution in [0.2, 0.25) is 0 Å². The van der Waals surface area contributed by atoms with E-state index in [0.717, 1.165) is 67.5 Å². The highest BCUT2D eigenvalue weighted by atomic mass is 16.5. The molecule has 0 fully saturated rings. The lowest BCUT2D eigenvalue weighted by atomic mass is 9.93. The fourth-order valence-electron chi connectivity index (χ4n) is 8.67. The van der Waals surface area contributed by atoms with E-state index in [1.54, 1.807) is 0 Å². The molecular weight excluding hydrogens is 717 g/mol. The fraction of sp³-hybridized carbons (Fsp3) is 0. The lowest BCUT2D eigenvalue weighted by molar-refractivity contribution is 0.487. The van der Waals surface area contributed by atoms with Gasteiger partial charge in [0.15, 0.2) is 0 Å². The maximum absolute atomic E-state index is 6.77. The van der Waals surface area contributed by atoms with Crippen molar-refractivity contribution in [3.63, 3.8) is 0 Å². The fourth-order valence-corrected chi connectivity index (χ4v) is 8.67. The van der Waals surface area contributed by atoms with Gasteiger partial charge in [-0.1, -0.05) is 152 Å². The van der Waals surface area contributed by atoms with E-state index in [4.69, 9.17) is 4.74 Å². The SMILES string of the molecule is c1ccc(-c2ccc(N(c3ccc(-c4cccc5ccccc45)cc3)c3ccc4c5c(cccc35)-c3cc(N(c5ccccc5)c5ccccc5)ccc3O4)cc2)cc1. The highest BCUT2D eigenvalue weighted by Gasteiger charge is 2.26. The maximum Gasteiger partial charge on any atom is 0.136 e. The monoisotopic (exact) mass is 754 g/mol. The Bertz CT molecular complexity index is 3060. The largest absolute Gasteiger partial charge is 0.456 e. The molecule has 0 N–H and O–H groups in total. The number of ether oxygens (including phenoxy) is 1. The number of anilines is 6. The van der Waals surface area contributed by atoms with Crippen LogP contribution in [0.3, 0.4) is 0 Å². The third-order valence-electron chi connectivity index (χ3n) is 11.4. The zero-order valence-electron chi connectivity index (χ0n) is 32.2. The number of hydrogen-bond acceptors (Lipinski definition) is 3. The minimum Gasteiger partial charge on any atom is -0.456 e. The molecule has 0 saturated carbocycles. The predicted octanol–water partition coefficient (Wildman–Crippen LogP) is 16.0. The van der Waals surface area contributed by atoms with Crippen molar-refractivity contribution in [2.45, 2.75) is 0 Å². The number of hydrogen-bond donors (Lipinski definition) is 0. The molecule has 0 aliphatic carbocycles. The Hall–Kier alpha value is -7.88. The predicted molar refractivity (Wildman–Crippen MR) is 247 cm³/mol. The van der Waals surface area contributed by atoms with Crippen molar-refractivity contribution < 1.29 is 4.74 Å². The average molecular weight is 755 g/mol. The van der Waals surface area contributed by atoms with Crippen molar-refractivity contribution in [1.82, 2.24) is 0 Å². The molecule has 1 heterocycles. The molecule has 0 radical (unpaired) electrons. The second-order valence-corrected chi connectivity index (χ2v) is 14.9. The van der Waals surface area contributed by atoms with Crippen molar-refractivity contribution >= 4 is 55.7 Å². The molecule has 278 valence electrons. The molecular formula is C56H38N2O. The molecule has 59 heavy (non-hydrogen) atoms. The van der Waals surface area contributed by atoms with Crippen LogP contribution >= 0.6 is 0 Å². The minimum absolute atomic E-state index is 0.847. The van der Waals surface area contributed by atoms with E-state index in [1.807, 2.05) is 0 Å². The van der Waals surface area contributed by atoms with Crippen molar-refractivity contribution in [3.05, 3.63) is 231 Å². The van der Waals surface area contributed by atoms with Crippen LogP contribution in [0.15, 0.2) is 231 Å². The van der Waals surface area contributed by atoms with Crippen molar-refractivity contribution in [1.29, 1.82) is 0 Å². The number of benzene rings is 10. The summed E-state index contributed by atoms with van der Waals surface area (Å²) in [5.74, 6) is 1.70. The van der Waals surface area contributed by atoms with E-state index >= 15 is 0 Å². The van der Waals surface area contributed by atoms with Crippen LogP contribution < -0.4 is 14.5 Å². The van der Waals surface area contributed by atoms with Gasteiger partial charge in [-0.15, -0.1) is 0 Å². The average Bonchev–Trinajstić information content (AvgIpc) is 3.31. The Labute approximate surface area is 344 Å². The van der Waals surface area contributed by atoms with E-state index < -0.39 is 0 Å². The van der Waals surface area contributed by atoms with Gasteiger partial charge in [-0.2, -0.15) is 0 Å². The third-order valence-corrected chi connectivity index (χ3v) is 11.4. The summed E-state index contributed by atoms with van der Waals surface area (Å²) in [5, 5.41) is 4.70. The summed E-state index contributed by atoms with van der Waals surface area (Å²) in [5.41, 5.74) is 13.5. The maximum atomic E-state index is 6.77. The van der Waals surface area contributed by atoms with Crippen LogP contribution in [0.1, 0.15) is 0 Å². The minimum atomic E-state index is 0.847.